The monoisotopic (exact) mass is 168 g/mol. The maximum Gasteiger partial charge on any atom is 0.118 e. The van der Waals surface area contributed by atoms with Crippen molar-refractivity contribution < 1.29 is 24.8 Å². The van der Waals surface area contributed by atoms with Crippen LogP contribution in [0.4, 0.5) is 4.39 Å². The van der Waals surface area contributed by atoms with Crippen LogP contribution in [0.15, 0.2) is 0 Å². The second-order valence-corrected chi connectivity index (χ2v) is 2.41. The molecule has 4 nitrogen and oxygen atoms in total. The topological polar surface area (TPSA) is 80.9 Å². The molecule has 0 aromatic heterocycles. The van der Waals surface area contributed by atoms with E-state index in [4.69, 9.17) is 15.3 Å². The molecule has 0 amide bonds. The van der Waals surface area contributed by atoms with E-state index >= 15 is 0 Å². The van der Waals surface area contributed by atoms with Gasteiger partial charge in [0.15, 0.2) is 0 Å². The summed E-state index contributed by atoms with van der Waals surface area (Å²) >= 11 is 0. The van der Waals surface area contributed by atoms with Crippen molar-refractivity contribution in [2.75, 3.05) is 19.9 Å². The molecule has 0 spiro atoms. The fraction of sp³-hybridized carbons (Fsp3) is 1.00. The Kier molecular flexibility index (Phi) is 4.51. The van der Waals surface area contributed by atoms with E-state index in [1.165, 1.54) is 0 Å². The highest BCUT2D eigenvalue weighted by Gasteiger charge is 2.34. The van der Waals surface area contributed by atoms with E-state index < -0.39 is 31.6 Å². The minimum Gasteiger partial charge on any atom is -0.396 e. The van der Waals surface area contributed by atoms with Crippen LogP contribution in [0.25, 0.3) is 0 Å². The minimum absolute atomic E-state index is 0.241. The van der Waals surface area contributed by atoms with Gasteiger partial charge in [0.25, 0.3) is 0 Å². The molecule has 11 heavy (non-hydrogen) atoms. The van der Waals surface area contributed by atoms with Crippen LogP contribution in [-0.4, -0.2) is 52.0 Å². The highest BCUT2D eigenvalue weighted by Crippen LogP contribution is 2.14. The third-order valence-corrected chi connectivity index (χ3v) is 1.58. The maximum absolute atomic E-state index is 11.8. The molecule has 0 saturated carbocycles. The first kappa shape index (κ1) is 10.8. The van der Waals surface area contributed by atoms with E-state index in [0.717, 1.165) is 0 Å². The molecule has 0 aliphatic rings. The number of hydrogen-bond donors (Lipinski definition) is 4. The molecule has 0 fully saturated rings. The smallest absolute Gasteiger partial charge is 0.118 e. The average molecular weight is 168 g/mol. The number of halogens is 1. The molecule has 0 bridgehead atoms. The number of aliphatic hydroxyl groups excluding tert-OH is 3. The lowest BCUT2D eigenvalue weighted by Crippen LogP contribution is -2.47. The molecule has 5 heteroatoms. The lowest BCUT2D eigenvalue weighted by molar-refractivity contribution is -0.121. The first-order valence-electron chi connectivity index (χ1n) is 3.29. The van der Waals surface area contributed by atoms with Gasteiger partial charge in [-0.1, -0.05) is 0 Å². The van der Waals surface area contributed by atoms with Crippen LogP contribution in [0.5, 0.6) is 0 Å². The Morgan fingerprint density at radius 1 is 1.36 bits per heavy atom. The molecule has 0 heterocycles. The van der Waals surface area contributed by atoms with Crippen molar-refractivity contribution in [3.63, 3.8) is 0 Å². The maximum atomic E-state index is 11.8. The SMILES string of the molecule is OCCC(O)(CO)C(O)CF. The quantitative estimate of drug-likeness (QED) is 0.399. The third kappa shape index (κ3) is 2.70. The Morgan fingerprint density at radius 2 is 1.91 bits per heavy atom. The number of hydrogen-bond acceptors (Lipinski definition) is 4. The summed E-state index contributed by atoms with van der Waals surface area (Å²) in [5.74, 6) is 0. The number of rotatable bonds is 5. The van der Waals surface area contributed by atoms with E-state index in [1.54, 1.807) is 0 Å². The highest BCUT2D eigenvalue weighted by atomic mass is 19.1. The summed E-state index contributed by atoms with van der Waals surface area (Å²) in [4.78, 5) is 0. The van der Waals surface area contributed by atoms with E-state index in [0.29, 0.717) is 0 Å². The van der Waals surface area contributed by atoms with Crippen molar-refractivity contribution in [3.05, 3.63) is 0 Å². The van der Waals surface area contributed by atoms with Crippen LogP contribution in [0.2, 0.25) is 0 Å². The Morgan fingerprint density at radius 3 is 2.18 bits per heavy atom. The Bertz CT molecular complexity index is 111. The molecule has 0 aliphatic carbocycles. The van der Waals surface area contributed by atoms with E-state index in [9.17, 15) is 9.50 Å². The Balaban J connectivity index is 4.07. The zero-order valence-corrected chi connectivity index (χ0v) is 6.07. The van der Waals surface area contributed by atoms with E-state index in [-0.39, 0.29) is 6.42 Å². The summed E-state index contributed by atoms with van der Waals surface area (Å²) in [5.41, 5.74) is -1.91. The normalized spacial score (nSPS) is 19.4. The van der Waals surface area contributed by atoms with Crippen molar-refractivity contribution in [1.82, 2.24) is 0 Å². The zero-order chi connectivity index (χ0) is 8.91. The summed E-state index contributed by atoms with van der Waals surface area (Å²) in [6.07, 6.45) is -1.88. The Hall–Kier alpha value is -0.230. The first-order valence-corrected chi connectivity index (χ1v) is 3.29. The average Bonchev–Trinajstić information content (AvgIpc) is 2.03. The molecule has 2 atom stereocenters. The van der Waals surface area contributed by atoms with Gasteiger partial charge in [-0.25, -0.2) is 4.39 Å². The molecule has 0 saturated heterocycles. The molecule has 4 N–H and O–H groups in total. The molecule has 68 valence electrons. The molecule has 0 aromatic carbocycles. The molecular formula is C6H13FO4. The summed E-state index contributed by atoms with van der Waals surface area (Å²) < 4.78 is 11.8. The van der Waals surface area contributed by atoms with Gasteiger partial charge in [0.05, 0.1) is 6.61 Å². The van der Waals surface area contributed by atoms with Crippen molar-refractivity contribution in [2.45, 2.75) is 18.1 Å². The summed E-state index contributed by atoms with van der Waals surface area (Å²) in [5, 5.41) is 34.9. The minimum atomic E-state index is -1.91. The molecule has 0 aliphatic heterocycles. The second-order valence-electron chi connectivity index (χ2n) is 2.41. The van der Waals surface area contributed by atoms with Gasteiger partial charge in [-0.3, -0.25) is 0 Å². The first-order chi connectivity index (χ1) is 5.10. The summed E-state index contributed by atoms with van der Waals surface area (Å²) in [6, 6.07) is 0. The zero-order valence-electron chi connectivity index (χ0n) is 6.07. The van der Waals surface area contributed by atoms with Gasteiger partial charge in [-0.15, -0.1) is 0 Å². The van der Waals surface area contributed by atoms with Crippen LogP contribution in [0, 0.1) is 0 Å². The van der Waals surface area contributed by atoms with Gasteiger partial charge in [0, 0.05) is 13.0 Å². The second kappa shape index (κ2) is 4.61. The standard InChI is InChI=1S/C6H13FO4/c7-3-5(10)6(11,4-9)1-2-8/h5,8-11H,1-4H2. The van der Waals surface area contributed by atoms with Gasteiger partial charge in [-0.2, -0.15) is 0 Å². The number of aliphatic hydroxyl groups is 4. The lowest BCUT2D eigenvalue weighted by atomic mass is 9.95. The van der Waals surface area contributed by atoms with E-state index in [2.05, 4.69) is 0 Å². The van der Waals surface area contributed by atoms with Crippen LogP contribution in [0.3, 0.4) is 0 Å². The van der Waals surface area contributed by atoms with Gasteiger partial charge >= 0.3 is 0 Å². The van der Waals surface area contributed by atoms with Gasteiger partial charge in [0.1, 0.15) is 18.4 Å². The van der Waals surface area contributed by atoms with Gasteiger partial charge < -0.3 is 20.4 Å². The third-order valence-electron chi connectivity index (χ3n) is 1.58. The van der Waals surface area contributed by atoms with Crippen LogP contribution < -0.4 is 0 Å². The van der Waals surface area contributed by atoms with Crippen molar-refractivity contribution >= 4 is 0 Å². The molecule has 0 aromatic rings. The number of alkyl halides is 1. The highest BCUT2D eigenvalue weighted by molar-refractivity contribution is 4.85. The van der Waals surface area contributed by atoms with Crippen LogP contribution in [-0.2, 0) is 0 Å². The van der Waals surface area contributed by atoms with Crippen molar-refractivity contribution in [1.29, 1.82) is 0 Å². The summed E-state index contributed by atoms with van der Waals surface area (Å²) in [6.45, 7) is -2.32. The van der Waals surface area contributed by atoms with Crippen molar-refractivity contribution in [3.8, 4) is 0 Å². The largest absolute Gasteiger partial charge is 0.396 e. The molecule has 0 rings (SSSR count). The van der Waals surface area contributed by atoms with Crippen molar-refractivity contribution in [2.24, 2.45) is 0 Å². The predicted octanol–water partition coefficient (Wildman–Crippen LogP) is -1.58. The van der Waals surface area contributed by atoms with Gasteiger partial charge in [-0.05, 0) is 0 Å². The van der Waals surface area contributed by atoms with Crippen LogP contribution >= 0.6 is 0 Å². The molecular weight excluding hydrogens is 155 g/mol. The molecule has 2 unspecified atom stereocenters. The molecule has 0 radical (unpaired) electrons. The predicted molar refractivity (Wildman–Crippen MR) is 35.7 cm³/mol. The summed E-state index contributed by atoms with van der Waals surface area (Å²) in [7, 11) is 0. The van der Waals surface area contributed by atoms with Crippen LogP contribution in [0.1, 0.15) is 6.42 Å². The van der Waals surface area contributed by atoms with E-state index in [1.807, 2.05) is 0 Å². The lowest BCUT2D eigenvalue weighted by Gasteiger charge is -2.28. The Labute approximate surface area is 63.9 Å². The van der Waals surface area contributed by atoms with Gasteiger partial charge in [0.2, 0.25) is 0 Å². The fourth-order valence-corrected chi connectivity index (χ4v) is 0.688. The fourth-order valence-electron chi connectivity index (χ4n) is 0.688.